The van der Waals surface area contributed by atoms with Gasteiger partial charge in [0.15, 0.2) is 5.78 Å². The number of hydrogen-bond acceptors (Lipinski definition) is 4. The molecule has 1 heterocycles. The van der Waals surface area contributed by atoms with Gasteiger partial charge in [0.05, 0.1) is 5.92 Å². The SMILES string of the molecule is C1CNCCN1.C[C@H](C(=O)O)c1cccc(C(=O)c2ccccc2)c1. The highest BCUT2D eigenvalue weighted by Crippen LogP contribution is 2.18. The van der Waals surface area contributed by atoms with Crippen molar-refractivity contribution in [3.8, 4) is 0 Å². The van der Waals surface area contributed by atoms with Crippen molar-refractivity contribution in [2.45, 2.75) is 12.8 Å². The molecule has 0 saturated carbocycles. The van der Waals surface area contributed by atoms with E-state index in [0.29, 0.717) is 16.7 Å². The number of rotatable bonds is 4. The molecule has 1 fully saturated rings. The van der Waals surface area contributed by atoms with Crippen LogP contribution in [0.5, 0.6) is 0 Å². The lowest BCUT2D eigenvalue weighted by Gasteiger charge is -2.11. The van der Waals surface area contributed by atoms with E-state index >= 15 is 0 Å². The van der Waals surface area contributed by atoms with E-state index in [0.717, 1.165) is 26.2 Å². The molecule has 0 amide bonds. The number of carboxylic acids is 1. The van der Waals surface area contributed by atoms with Crippen LogP contribution in [0.4, 0.5) is 0 Å². The van der Waals surface area contributed by atoms with Crippen molar-refractivity contribution in [3.05, 3.63) is 71.3 Å². The second kappa shape index (κ2) is 9.71. The lowest BCUT2D eigenvalue weighted by atomic mass is 9.96. The Balaban J connectivity index is 0.000000316. The number of benzene rings is 2. The third kappa shape index (κ3) is 5.81. The zero-order valence-electron chi connectivity index (χ0n) is 14.4. The average molecular weight is 340 g/mol. The molecule has 0 radical (unpaired) electrons. The minimum Gasteiger partial charge on any atom is -0.481 e. The summed E-state index contributed by atoms with van der Waals surface area (Å²) in [7, 11) is 0. The molecule has 2 aromatic rings. The van der Waals surface area contributed by atoms with Gasteiger partial charge in [-0.2, -0.15) is 0 Å². The molecule has 0 bridgehead atoms. The largest absolute Gasteiger partial charge is 0.481 e. The van der Waals surface area contributed by atoms with Crippen molar-refractivity contribution < 1.29 is 14.7 Å². The van der Waals surface area contributed by atoms with Crippen molar-refractivity contribution in [1.82, 2.24) is 10.6 Å². The van der Waals surface area contributed by atoms with Gasteiger partial charge in [-0.25, -0.2) is 0 Å². The zero-order valence-corrected chi connectivity index (χ0v) is 14.4. The summed E-state index contributed by atoms with van der Waals surface area (Å²) >= 11 is 0. The fourth-order valence-electron chi connectivity index (χ4n) is 2.45. The van der Waals surface area contributed by atoms with Gasteiger partial charge in [0.2, 0.25) is 0 Å². The Hall–Kier alpha value is -2.50. The van der Waals surface area contributed by atoms with Gasteiger partial charge in [0.25, 0.3) is 0 Å². The van der Waals surface area contributed by atoms with Crippen LogP contribution < -0.4 is 10.6 Å². The van der Waals surface area contributed by atoms with E-state index in [4.69, 9.17) is 5.11 Å². The van der Waals surface area contributed by atoms with Gasteiger partial charge < -0.3 is 15.7 Å². The van der Waals surface area contributed by atoms with E-state index in [2.05, 4.69) is 10.6 Å². The summed E-state index contributed by atoms with van der Waals surface area (Å²) in [6.07, 6.45) is 0. The molecule has 132 valence electrons. The topological polar surface area (TPSA) is 78.4 Å². The predicted octanol–water partition coefficient (Wildman–Crippen LogP) is 2.28. The highest BCUT2D eigenvalue weighted by atomic mass is 16.4. The Kier molecular flexibility index (Phi) is 7.32. The average Bonchev–Trinajstić information content (AvgIpc) is 2.69. The maximum atomic E-state index is 12.2. The summed E-state index contributed by atoms with van der Waals surface area (Å²) in [5, 5.41) is 15.4. The number of piperazine rings is 1. The Morgan fingerprint density at radius 2 is 1.44 bits per heavy atom. The molecule has 1 aliphatic heterocycles. The number of nitrogens with one attached hydrogen (secondary N) is 2. The maximum absolute atomic E-state index is 12.2. The molecule has 3 rings (SSSR count). The van der Waals surface area contributed by atoms with Gasteiger partial charge in [0.1, 0.15) is 0 Å². The van der Waals surface area contributed by atoms with E-state index in [1.54, 1.807) is 55.5 Å². The maximum Gasteiger partial charge on any atom is 0.310 e. The van der Waals surface area contributed by atoms with Crippen LogP contribution in [0.25, 0.3) is 0 Å². The third-order valence-corrected chi connectivity index (χ3v) is 4.01. The lowest BCUT2D eigenvalue weighted by Crippen LogP contribution is -2.39. The zero-order chi connectivity index (χ0) is 18.1. The number of carbonyl (C=O) groups is 2. The van der Waals surface area contributed by atoms with E-state index in [1.165, 1.54) is 0 Å². The van der Waals surface area contributed by atoms with Crippen molar-refractivity contribution in [1.29, 1.82) is 0 Å². The van der Waals surface area contributed by atoms with E-state index < -0.39 is 11.9 Å². The minimum atomic E-state index is -0.899. The molecule has 2 aromatic carbocycles. The van der Waals surface area contributed by atoms with Crippen LogP contribution in [-0.2, 0) is 4.79 Å². The van der Waals surface area contributed by atoms with Crippen LogP contribution in [0, 0.1) is 0 Å². The first-order chi connectivity index (χ1) is 12.1. The van der Waals surface area contributed by atoms with E-state index in [-0.39, 0.29) is 5.78 Å². The summed E-state index contributed by atoms with van der Waals surface area (Å²) in [4.78, 5) is 23.2. The molecule has 25 heavy (non-hydrogen) atoms. The molecule has 5 heteroatoms. The summed E-state index contributed by atoms with van der Waals surface area (Å²) in [5.74, 6) is -1.62. The lowest BCUT2D eigenvalue weighted by molar-refractivity contribution is -0.138. The molecule has 3 N–H and O–H groups in total. The van der Waals surface area contributed by atoms with Crippen molar-refractivity contribution in [3.63, 3.8) is 0 Å². The van der Waals surface area contributed by atoms with Crippen molar-refractivity contribution >= 4 is 11.8 Å². The van der Waals surface area contributed by atoms with E-state index in [9.17, 15) is 9.59 Å². The molecular formula is C20H24N2O3. The number of carbonyl (C=O) groups excluding carboxylic acids is 1. The van der Waals surface area contributed by atoms with Gasteiger partial charge in [-0.05, 0) is 18.6 Å². The van der Waals surface area contributed by atoms with Gasteiger partial charge in [-0.1, -0.05) is 48.5 Å². The predicted molar refractivity (Wildman–Crippen MR) is 98.1 cm³/mol. The normalized spacial score (nSPS) is 14.8. The molecule has 0 spiro atoms. The van der Waals surface area contributed by atoms with Crippen LogP contribution >= 0.6 is 0 Å². The summed E-state index contributed by atoms with van der Waals surface area (Å²) in [5.41, 5.74) is 1.74. The van der Waals surface area contributed by atoms with Crippen LogP contribution in [0.1, 0.15) is 34.3 Å². The van der Waals surface area contributed by atoms with Gasteiger partial charge in [0, 0.05) is 37.3 Å². The minimum absolute atomic E-state index is 0.0972. The first-order valence-electron chi connectivity index (χ1n) is 8.43. The fourth-order valence-corrected chi connectivity index (χ4v) is 2.45. The molecular weight excluding hydrogens is 316 g/mol. The molecule has 1 atom stereocenters. The third-order valence-electron chi connectivity index (χ3n) is 4.01. The molecule has 1 saturated heterocycles. The van der Waals surface area contributed by atoms with Crippen molar-refractivity contribution in [2.75, 3.05) is 26.2 Å². The molecule has 5 nitrogen and oxygen atoms in total. The Bertz CT molecular complexity index is 686. The number of hydrogen-bond donors (Lipinski definition) is 3. The monoisotopic (exact) mass is 340 g/mol. The first kappa shape index (κ1) is 18.8. The Morgan fingerprint density at radius 3 is 1.96 bits per heavy atom. The summed E-state index contributed by atoms with van der Waals surface area (Å²) in [6.45, 7) is 6.16. The van der Waals surface area contributed by atoms with Crippen LogP contribution in [0.3, 0.4) is 0 Å². The molecule has 0 aliphatic carbocycles. The second-order valence-corrected chi connectivity index (χ2v) is 5.88. The highest BCUT2D eigenvalue weighted by Gasteiger charge is 2.16. The summed E-state index contributed by atoms with van der Waals surface area (Å²) < 4.78 is 0. The van der Waals surface area contributed by atoms with Gasteiger partial charge in [-0.15, -0.1) is 0 Å². The van der Waals surface area contributed by atoms with Gasteiger partial charge in [-0.3, -0.25) is 9.59 Å². The quantitative estimate of drug-likeness (QED) is 0.744. The van der Waals surface area contributed by atoms with Crippen molar-refractivity contribution in [2.24, 2.45) is 0 Å². The van der Waals surface area contributed by atoms with Crippen LogP contribution in [-0.4, -0.2) is 43.0 Å². The number of aliphatic carboxylic acids is 1. The number of ketones is 1. The smallest absolute Gasteiger partial charge is 0.310 e. The van der Waals surface area contributed by atoms with Gasteiger partial charge >= 0.3 is 5.97 Å². The Morgan fingerprint density at radius 1 is 0.880 bits per heavy atom. The molecule has 0 aromatic heterocycles. The molecule has 0 unspecified atom stereocenters. The first-order valence-corrected chi connectivity index (χ1v) is 8.43. The number of carboxylic acid groups (broad SMARTS) is 1. The second-order valence-electron chi connectivity index (χ2n) is 5.88. The standard InChI is InChI=1S/C16H14O3.C4H10N2/c1-11(16(18)19)13-8-5-9-14(10-13)15(17)12-6-3-2-4-7-12;1-2-6-4-3-5-1/h2-11H,1H3,(H,18,19);5-6H,1-4H2/t11-;/m0./s1. The highest BCUT2D eigenvalue weighted by molar-refractivity contribution is 6.09. The van der Waals surface area contributed by atoms with Crippen LogP contribution in [0.15, 0.2) is 54.6 Å². The summed E-state index contributed by atoms with van der Waals surface area (Å²) in [6, 6.07) is 15.7. The molecule has 1 aliphatic rings. The van der Waals surface area contributed by atoms with E-state index in [1.807, 2.05) is 6.07 Å². The fraction of sp³-hybridized carbons (Fsp3) is 0.300. The Labute approximate surface area is 148 Å². The van der Waals surface area contributed by atoms with Crippen LogP contribution in [0.2, 0.25) is 0 Å².